The maximum Gasteiger partial charge on any atom is 0.246 e. The number of ether oxygens (including phenoxy) is 1. The number of hydrogen-bond donors (Lipinski definition) is 1. The van der Waals surface area contributed by atoms with Crippen LogP contribution in [-0.2, 0) is 20.7 Å². The third-order valence-corrected chi connectivity index (χ3v) is 5.12. The summed E-state index contributed by atoms with van der Waals surface area (Å²) in [5.74, 6) is 0.0288. The molecule has 2 atom stereocenters. The van der Waals surface area contributed by atoms with Gasteiger partial charge >= 0.3 is 0 Å². The first-order valence-electron chi connectivity index (χ1n) is 8.73. The number of nitrogens with one attached hydrogen (secondary N) is 1. The molecule has 2 aromatic rings. The number of hydrogen-bond acceptors (Lipinski definition) is 4. The summed E-state index contributed by atoms with van der Waals surface area (Å²) >= 11 is 0. The molecule has 0 unspecified atom stereocenters. The lowest BCUT2D eigenvalue weighted by molar-refractivity contribution is -0.137. The topological polar surface area (TPSA) is 75.9 Å². The zero-order chi connectivity index (χ0) is 17.4. The normalized spacial score (nSPS) is 23.9. The molecule has 2 aromatic heterocycles. The molecular weight excluding hydrogens is 320 g/mol. The maximum absolute atomic E-state index is 12.8. The fourth-order valence-electron chi connectivity index (χ4n) is 3.75. The first-order chi connectivity index (χ1) is 12.1. The fourth-order valence-corrected chi connectivity index (χ4v) is 3.75. The standard InChI is InChI=1S/C18H22N4O3/c1-12-14(22-7-3-2-4-16(22)19-12)10-18(24)21-8-5-13-15(6-9-21)25-11-17(23)20-13/h2-4,7,13,15H,5-6,8-11H2,1H3,(H,20,23)/t13-,15-/m0/s1. The van der Waals surface area contributed by atoms with Gasteiger partial charge in [0.1, 0.15) is 12.3 Å². The average molecular weight is 342 g/mol. The number of aryl methyl sites for hydroxylation is 1. The summed E-state index contributed by atoms with van der Waals surface area (Å²) in [6.45, 7) is 3.36. The number of fused-ring (bicyclic) bond motifs is 2. The van der Waals surface area contributed by atoms with Gasteiger partial charge in [0.15, 0.2) is 0 Å². The highest BCUT2D eigenvalue weighted by Gasteiger charge is 2.33. The Morgan fingerprint density at radius 2 is 2.20 bits per heavy atom. The lowest BCUT2D eigenvalue weighted by Crippen LogP contribution is -2.51. The number of likely N-dealkylation sites (tertiary alicyclic amines) is 1. The number of nitrogens with zero attached hydrogens (tertiary/aromatic N) is 3. The lowest BCUT2D eigenvalue weighted by atomic mass is 10.0. The van der Waals surface area contributed by atoms with Gasteiger partial charge in [-0.25, -0.2) is 4.98 Å². The van der Waals surface area contributed by atoms with E-state index in [2.05, 4.69) is 10.3 Å². The third-order valence-electron chi connectivity index (χ3n) is 5.12. The Morgan fingerprint density at radius 3 is 3.08 bits per heavy atom. The molecule has 7 nitrogen and oxygen atoms in total. The van der Waals surface area contributed by atoms with Crippen LogP contribution in [-0.4, -0.2) is 57.9 Å². The second-order valence-corrected chi connectivity index (χ2v) is 6.73. The molecule has 0 aliphatic carbocycles. The van der Waals surface area contributed by atoms with Gasteiger partial charge in [0.2, 0.25) is 11.8 Å². The SMILES string of the molecule is Cc1nc2ccccn2c1CC(=O)N1CC[C@@H]2NC(=O)CO[C@H]2CC1. The van der Waals surface area contributed by atoms with Crippen LogP contribution in [0.5, 0.6) is 0 Å². The van der Waals surface area contributed by atoms with Gasteiger partial charge in [0.25, 0.3) is 0 Å². The van der Waals surface area contributed by atoms with Crippen molar-refractivity contribution in [3.05, 3.63) is 35.8 Å². The predicted molar refractivity (Wildman–Crippen MR) is 91.1 cm³/mol. The quantitative estimate of drug-likeness (QED) is 0.871. The number of aromatic nitrogens is 2. The van der Waals surface area contributed by atoms with Gasteiger partial charge in [0.05, 0.1) is 30.0 Å². The molecule has 4 heterocycles. The Kier molecular flexibility index (Phi) is 4.17. The monoisotopic (exact) mass is 342 g/mol. The molecule has 132 valence electrons. The van der Waals surface area contributed by atoms with E-state index >= 15 is 0 Å². The summed E-state index contributed by atoms with van der Waals surface area (Å²) in [4.78, 5) is 30.7. The van der Waals surface area contributed by atoms with E-state index in [0.29, 0.717) is 19.5 Å². The van der Waals surface area contributed by atoms with Crippen LogP contribution in [0.25, 0.3) is 5.65 Å². The minimum absolute atomic E-state index is 0.00744. The molecule has 2 aliphatic rings. The van der Waals surface area contributed by atoms with Crippen molar-refractivity contribution in [3.63, 3.8) is 0 Å². The van der Waals surface area contributed by atoms with Crippen molar-refractivity contribution >= 4 is 17.5 Å². The third kappa shape index (κ3) is 3.11. The molecule has 25 heavy (non-hydrogen) atoms. The molecule has 7 heteroatoms. The van der Waals surface area contributed by atoms with Crippen molar-refractivity contribution in [2.45, 2.75) is 38.3 Å². The number of carbonyl (C=O) groups excluding carboxylic acids is 2. The van der Waals surface area contributed by atoms with E-state index in [9.17, 15) is 9.59 Å². The fraction of sp³-hybridized carbons (Fsp3) is 0.500. The van der Waals surface area contributed by atoms with Crippen LogP contribution in [0.1, 0.15) is 24.2 Å². The first kappa shape index (κ1) is 16.1. The summed E-state index contributed by atoms with van der Waals surface area (Å²) in [7, 11) is 0. The van der Waals surface area contributed by atoms with Gasteiger partial charge in [-0.3, -0.25) is 9.59 Å². The Labute approximate surface area is 146 Å². The second kappa shape index (κ2) is 6.48. The number of imidazole rings is 1. The maximum atomic E-state index is 12.8. The number of pyridine rings is 1. The number of morpholine rings is 1. The van der Waals surface area contributed by atoms with E-state index < -0.39 is 0 Å². The number of amides is 2. The Hall–Kier alpha value is -2.41. The van der Waals surface area contributed by atoms with Crippen molar-refractivity contribution in [2.75, 3.05) is 19.7 Å². The zero-order valence-electron chi connectivity index (χ0n) is 14.3. The van der Waals surface area contributed by atoms with E-state index in [1.165, 1.54) is 0 Å². The molecule has 4 rings (SSSR count). The molecule has 2 aliphatic heterocycles. The minimum atomic E-state index is -0.0672. The van der Waals surface area contributed by atoms with Gasteiger partial charge in [-0.1, -0.05) is 6.07 Å². The van der Waals surface area contributed by atoms with Crippen LogP contribution in [0, 0.1) is 6.92 Å². The molecule has 0 spiro atoms. The molecule has 1 N–H and O–H groups in total. The second-order valence-electron chi connectivity index (χ2n) is 6.73. The molecule has 2 saturated heterocycles. The molecule has 0 aromatic carbocycles. The van der Waals surface area contributed by atoms with Crippen LogP contribution in [0.4, 0.5) is 0 Å². The van der Waals surface area contributed by atoms with Crippen molar-refractivity contribution in [2.24, 2.45) is 0 Å². The largest absolute Gasteiger partial charge is 0.366 e. The Bertz CT molecular complexity index is 816. The smallest absolute Gasteiger partial charge is 0.246 e. The zero-order valence-corrected chi connectivity index (χ0v) is 14.3. The predicted octanol–water partition coefficient (Wildman–Crippen LogP) is 0.691. The highest BCUT2D eigenvalue weighted by Crippen LogP contribution is 2.19. The number of rotatable bonds is 2. The van der Waals surface area contributed by atoms with Gasteiger partial charge in [-0.05, 0) is 31.9 Å². The highest BCUT2D eigenvalue weighted by molar-refractivity contribution is 5.79. The highest BCUT2D eigenvalue weighted by atomic mass is 16.5. The molecule has 2 amide bonds. The Morgan fingerprint density at radius 1 is 1.36 bits per heavy atom. The van der Waals surface area contributed by atoms with Crippen molar-refractivity contribution in [1.29, 1.82) is 0 Å². The van der Waals surface area contributed by atoms with Crippen LogP contribution >= 0.6 is 0 Å². The lowest BCUT2D eigenvalue weighted by Gasteiger charge is -2.30. The summed E-state index contributed by atoms with van der Waals surface area (Å²) in [5, 5.41) is 2.98. The van der Waals surface area contributed by atoms with E-state index in [4.69, 9.17) is 4.74 Å². The molecule has 0 radical (unpaired) electrons. The Balaban J connectivity index is 1.47. The molecular formula is C18H22N4O3. The van der Waals surface area contributed by atoms with E-state index in [-0.39, 0.29) is 30.6 Å². The van der Waals surface area contributed by atoms with Crippen LogP contribution in [0.15, 0.2) is 24.4 Å². The summed E-state index contributed by atoms with van der Waals surface area (Å²) in [6, 6.07) is 5.84. The summed E-state index contributed by atoms with van der Waals surface area (Å²) in [5.41, 5.74) is 2.69. The first-order valence-corrected chi connectivity index (χ1v) is 8.73. The minimum Gasteiger partial charge on any atom is -0.366 e. The van der Waals surface area contributed by atoms with Crippen molar-refractivity contribution in [1.82, 2.24) is 19.6 Å². The van der Waals surface area contributed by atoms with Crippen LogP contribution in [0.3, 0.4) is 0 Å². The van der Waals surface area contributed by atoms with Crippen molar-refractivity contribution < 1.29 is 14.3 Å². The van der Waals surface area contributed by atoms with Crippen LogP contribution < -0.4 is 5.32 Å². The summed E-state index contributed by atoms with van der Waals surface area (Å²) < 4.78 is 7.60. The molecule has 0 bridgehead atoms. The van der Waals surface area contributed by atoms with E-state index in [1.807, 2.05) is 40.6 Å². The molecule has 2 fully saturated rings. The number of carbonyl (C=O) groups is 2. The average Bonchev–Trinajstić information content (AvgIpc) is 2.78. The van der Waals surface area contributed by atoms with Gasteiger partial charge in [-0.2, -0.15) is 0 Å². The van der Waals surface area contributed by atoms with Crippen molar-refractivity contribution in [3.8, 4) is 0 Å². The molecule has 0 saturated carbocycles. The van der Waals surface area contributed by atoms with Gasteiger partial charge in [0, 0.05) is 19.3 Å². The van der Waals surface area contributed by atoms with Crippen LogP contribution in [0.2, 0.25) is 0 Å². The van der Waals surface area contributed by atoms with E-state index in [1.54, 1.807) is 0 Å². The summed E-state index contributed by atoms with van der Waals surface area (Å²) in [6.07, 6.45) is 3.77. The van der Waals surface area contributed by atoms with Gasteiger partial charge < -0.3 is 19.4 Å². The van der Waals surface area contributed by atoms with E-state index in [0.717, 1.165) is 29.9 Å². The van der Waals surface area contributed by atoms with Gasteiger partial charge in [-0.15, -0.1) is 0 Å².